The molecule has 1 aliphatic rings. The molecule has 4 nitrogen and oxygen atoms in total. The number of amides is 1. The van der Waals surface area contributed by atoms with E-state index in [4.69, 9.17) is 0 Å². The Morgan fingerprint density at radius 1 is 1.45 bits per heavy atom. The van der Waals surface area contributed by atoms with E-state index in [1.165, 1.54) is 7.05 Å². The number of rotatable bonds is 0. The van der Waals surface area contributed by atoms with Crippen molar-refractivity contribution >= 4 is 15.9 Å². The fourth-order valence-electron chi connectivity index (χ4n) is 1.17. The van der Waals surface area contributed by atoms with Crippen molar-refractivity contribution in [3.8, 4) is 0 Å². The van der Waals surface area contributed by atoms with E-state index in [1.54, 1.807) is 13.8 Å². The largest absolute Gasteiger partial charge is 0.273 e. The zero-order chi connectivity index (χ0) is 8.86. The summed E-state index contributed by atoms with van der Waals surface area (Å²) in [7, 11) is -2.00. The van der Waals surface area contributed by atoms with Gasteiger partial charge in [-0.05, 0) is 13.8 Å². The molecule has 1 saturated heterocycles. The molecular weight excluding hydrogens is 166 g/mol. The van der Waals surface area contributed by atoms with Gasteiger partial charge in [0.15, 0.2) is 0 Å². The van der Waals surface area contributed by atoms with Crippen LogP contribution < -0.4 is 0 Å². The molecule has 0 unspecified atom stereocenters. The molecule has 64 valence electrons. The molecule has 1 fully saturated rings. The summed E-state index contributed by atoms with van der Waals surface area (Å²) < 4.78 is 23.0. The van der Waals surface area contributed by atoms with Crippen LogP contribution in [0.3, 0.4) is 0 Å². The minimum atomic E-state index is -3.30. The summed E-state index contributed by atoms with van der Waals surface area (Å²) in [4.78, 5) is 11.2. The van der Waals surface area contributed by atoms with Gasteiger partial charge in [-0.3, -0.25) is 4.79 Å². The van der Waals surface area contributed by atoms with Crippen LogP contribution in [0.25, 0.3) is 0 Å². The van der Waals surface area contributed by atoms with Crippen LogP contribution in [0.1, 0.15) is 13.8 Å². The smallest absolute Gasteiger partial charge is 0.242 e. The highest BCUT2D eigenvalue weighted by Gasteiger charge is 2.46. The van der Waals surface area contributed by atoms with Gasteiger partial charge in [0.05, 0.1) is 11.2 Å². The number of nitrogens with zero attached hydrogens (tertiary/aromatic N) is 1. The van der Waals surface area contributed by atoms with Crippen LogP contribution in [0.15, 0.2) is 0 Å². The van der Waals surface area contributed by atoms with Crippen LogP contribution in [-0.4, -0.2) is 31.4 Å². The zero-order valence-corrected chi connectivity index (χ0v) is 7.60. The Labute approximate surface area is 66.2 Å². The first-order chi connectivity index (χ1) is 4.77. The van der Waals surface area contributed by atoms with E-state index in [-0.39, 0.29) is 11.7 Å². The van der Waals surface area contributed by atoms with Crippen LogP contribution in [0.5, 0.6) is 0 Å². The Morgan fingerprint density at radius 3 is 2.00 bits per heavy atom. The molecule has 0 N–H and O–H groups in total. The van der Waals surface area contributed by atoms with Gasteiger partial charge in [0, 0.05) is 7.05 Å². The number of carbonyl (C=O) groups excluding carboxylic acids is 1. The van der Waals surface area contributed by atoms with Gasteiger partial charge in [-0.25, -0.2) is 12.7 Å². The van der Waals surface area contributed by atoms with Crippen molar-refractivity contribution in [2.24, 2.45) is 5.41 Å². The minimum absolute atomic E-state index is 0.0741. The second-order valence-electron chi connectivity index (χ2n) is 3.41. The molecule has 0 bridgehead atoms. The average molecular weight is 177 g/mol. The maximum absolute atomic E-state index is 11.2. The lowest BCUT2D eigenvalue weighted by Gasteiger charge is -2.11. The molecule has 0 aromatic heterocycles. The molecule has 0 aromatic rings. The lowest BCUT2D eigenvalue weighted by molar-refractivity contribution is -0.131. The van der Waals surface area contributed by atoms with E-state index in [9.17, 15) is 13.2 Å². The van der Waals surface area contributed by atoms with Gasteiger partial charge in [0.2, 0.25) is 15.9 Å². The molecule has 11 heavy (non-hydrogen) atoms. The third-order valence-corrected chi connectivity index (χ3v) is 3.91. The zero-order valence-electron chi connectivity index (χ0n) is 6.79. The first-order valence-corrected chi connectivity index (χ1v) is 4.89. The fraction of sp³-hybridized carbons (Fsp3) is 0.833. The van der Waals surface area contributed by atoms with E-state index in [0.29, 0.717) is 0 Å². The van der Waals surface area contributed by atoms with Crippen LogP contribution in [0.4, 0.5) is 0 Å². The van der Waals surface area contributed by atoms with E-state index in [2.05, 4.69) is 0 Å². The van der Waals surface area contributed by atoms with Crippen molar-refractivity contribution in [2.45, 2.75) is 13.8 Å². The summed E-state index contributed by atoms with van der Waals surface area (Å²) in [5.74, 6) is -0.396. The predicted octanol–water partition coefficient (Wildman–Crippen LogP) is -0.186. The summed E-state index contributed by atoms with van der Waals surface area (Å²) in [6, 6.07) is 0. The first-order valence-electron chi connectivity index (χ1n) is 3.28. The van der Waals surface area contributed by atoms with Crippen molar-refractivity contribution in [2.75, 3.05) is 12.8 Å². The maximum Gasteiger partial charge on any atom is 0.242 e. The van der Waals surface area contributed by atoms with E-state index >= 15 is 0 Å². The van der Waals surface area contributed by atoms with Crippen molar-refractivity contribution in [1.29, 1.82) is 0 Å². The first kappa shape index (κ1) is 8.52. The van der Waals surface area contributed by atoms with Gasteiger partial charge in [-0.2, -0.15) is 0 Å². The summed E-state index contributed by atoms with van der Waals surface area (Å²) in [5.41, 5.74) is -0.742. The SMILES string of the molecule is CN1C(=O)C(C)(C)CS1(=O)=O. The van der Waals surface area contributed by atoms with Crippen LogP contribution in [0.2, 0.25) is 0 Å². The number of hydrogen-bond acceptors (Lipinski definition) is 3. The van der Waals surface area contributed by atoms with E-state index < -0.39 is 15.4 Å². The van der Waals surface area contributed by atoms with Gasteiger partial charge in [-0.15, -0.1) is 0 Å². The second kappa shape index (κ2) is 1.97. The Balaban J connectivity index is 3.16. The van der Waals surface area contributed by atoms with E-state index in [1.807, 2.05) is 0 Å². The molecule has 0 atom stereocenters. The monoisotopic (exact) mass is 177 g/mol. The molecule has 1 amide bonds. The quantitative estimate of drug-likeness (QED) is 0.515. The minimum Gasteiger partial charge on any atom is -0.273 e. The molecule has 1 heterocycles. The van der Waals surface area contributed by atoms with Gasteiger partial charge < -0.3 is 0 Å². The Bertz CT molecular complexity index is 291. The molecule has 0 saturated carbocycles. The number of carbonyl (C=O) groups is 1. The summed E-state index contributed by atoms with van der Waals surface area (Å²) in [6.07, 6.45) is 0. The van der Waals surface area contributed by atoms with Crippen LogP contribution in [0, 0.1) is 5.41 Å². The van der Waals surface area contributed by atoms with Gasteiger partial charge in [0.1, 0.15) is 0 Å². The van der Waals surface area contributed by atoms with Gasteiger partial charge in [0.25, 0.3) is 0 Å². The van der Waals surface area contributed by atoms with Crippen LogP contribution in [-0.2, 0) is 14.8 Å². The molecular formula is C6H11NO3S. The third kappa shape index (κ3) is 1.13. The third-order valence-electron chi connectivity index (χ3n) is 1.83. The standard InChI is InChI=1S/C6H11NO3S/c1-6(2)4-11(9,10)7(3)5(6)8/h4H2,1-3H3. The van der Waals surface area contributed by atoms with Crippen molar-refractivity contribution in [3.05, 3.63) is 0 Å². The topological polar surface area (TPSA) is 54.5 Å². The molecule has 1 rings (SSSR count). The highest BCUT2D eigenvalue weighted by Crippen LogP contribution is 2.29. The number of sulfonamides is 1. The molecule has 0 aliphatic carbocycles. The van der Waals surface area contributed by atoms with Crippen molar-refractivity contribution < 1.29 is 13.2 Å². The Hall–Kier alpha value is -0.580. The molecule has 5 heteroatoms. The number of hydrogen-bond donors (Lipinski definition) is 0. The van der Waals surface area contributed by atoms with Crippen molar-refractivity contribution in [3.63, 3.8) is 0 Å². The lowest BCUT2D eigenvalue weighted by atomic mass is 9.96. The summed E-state index contributed by atoms with van der Waals surface area (Å²) >= 11 is 0. The highest BCUT2D eigenvalue weighted by atomic mass is 32.2. The summed E-state index contributed by atoms with van der Waals surface area (Å²) in [6.45, 7) is 3.27. The fourth-order valence-corrected chi connectivity index (χ4v) is 2.90. The highest BCUT2D eigenvalue weighted by molar-refractivity contribution is 7.90. The average Bonchev–Trinajstić information content (AvgIpc) is 1.91. The van der Waals surface area contributed by atoms with Gasteiger partial charge in [-0.1, -0.05) is 0 Å². The van der Waals surface area contributed by atoms with E-state index in [0.717, 1.165) is 4.31 Å². The molecule has 1 aliphatic heterocycles. The Kier molecular flexibility index (Phi) is 1.52. The molecule has 0 aromatic carbocycles. The van der Waals surface area contributed by atoms with Gasteiger partial charge >= 0.3 is 0 Å². The lowest BCUT2D eigenvalue weighted by Crippen LogP contribution is -2.29. The molecule has 0 spiro atoms. The summed E-state index contributed by atoms with van der Waals surface area (Å²) in [5, 5.41) is 0. The maximum atomic E-state index is 11.2. The molecule has 0 radical (unpaired) electrons. The van der Waals surface area contributed by atoms with Crippen LogP contribution >= 0.6 is 0 Å². The predicted molar refractivity (Wildman–Crippen MR) is 40.3 cm³/mol. The normalized spacial score (nSPS) is 27.5. The Morgan fingerprint density at radius 2 is 1.91 bits per heavy atom. The second-order valence-corrected chi connectivity index (χ2v) is 5.41. The van der Waals surface area contributed by atoms with Crippen molar-refractivity contribution in [1.82, 2.24) is 4.31 Å².